The number of ether oxygens (including phenoxy) is 2. The van der Waals surface area contributed by atoms with Crippen molar-refractivity contribution in [2.45, 2.75) is 66.2 Å². The Balaban J connectivity index is 1.81. The van der Waals surface area contributed by atoms with Crippen molar-refractivity contribution in [1.29, 1.82) is 0 Å². The number of hydrogen-bond donors (Lipinski definition) is 0. The number of nitrogens with zero attached hydrogens (tertiary/aromatic N) is 1. The van der Waals surface area contributed by atoms with Gasteiger partial charge in [-0.1, -0.05) is 19.3 Å². The Morgan fingerprint density at radius 1 is 1.16 bits per heavy atom. The monoisotopic (exact) mass is 437 g/mol. The SMILES string of the molecule is CC#Cc1cc(C)c(C2=C(OC)CC3(CCN(C(=O)OCCCC)CC3)CC2=O)c(C)c1. The van der Waals surface area contributed by atoms with Crippen molar-refractivity contribution in [3.05, 3.63) is 40.1 Å². The Kier molecular flexibility index (Phi) is 7.66. The lowest BCUT2D eigenvalue weighted by Gasteiger charge is -2.44. The molecule has 0 atom stereocenters. The Bertz CT molecular complexity index is 948. The fourth-order valence-corrected chi connectivity index (χ4v) is 5.02. The maximum atomic E-state index is 13.5. The van der Waals surface area contributed by atoms with Crippen molar-refractivity contribution in [2.75, 3.05) is 26.8 Å². The van der Waals surface area contributed by atoms with Crippen molar-refractivity contribution in [3.63, 3.8) is 0 Å². The van der Waals surface area contributed by atoms with Crippen molar-refractivity contribution in [1.82, 2.24) is 4.90 Å². The molecule has 0 unspecified atom stereocenters. The fourth-order valence-electron chi connectivity index (χ4n) is 5.02. The summed E-state index contributed by atoms with van der Waals surface area (Å²) in [5.74, 6) is 6.94. The second-order valence-electron chi connectivity index (χ2n) is 9.09. The first-order valence-corrected chi connectivity index (χ1v) is 11.6. The van der Waals surface area contributed by atoms with Crippen LogP contribution in [0.5, 0.6) is 0 Å². The lowest BCUT2D eigenvalue weighted by molar-refractivity contribution is -0.117. The van der Waals surface area contributed by atoms with Gasteiger partial charge in [0.15, 0.2) is 5.78 Å². The maximum absolute atomic E-state index is 13.5. The molecule has 0 aromatic heterocycles. The highest BCUT2D eigenvalue weighted by atomic mass is 16.6. The summed E-state index contributed by atoms with van der Waals surface area (Å²) in [4.78, 5) is 27.6. The van der Waals surface area contributed by atoms with Crippen LogP contribution in [-0.4, -0.2) is 43.6 Å². The number of allylic oxidation sites excluding steroid dienone is 2. The number of carbonyl (C=O) groups excluding carboxylic acids is 2. The standard InChI is InChI=1S/C27H35NO4/c1-6-8-14-32-26(30)28-12-10-27(11-13-28)17-22(29)25(23(18-27)31-5)24-19(3)15-21(9-7-2)16-20(24)4/h15-16H,6,8,10-14,17-18H2,1-5H3. The van der Waals surface area contributed by atoms with Crippen LogP contribution < -0.4 is 0 Å². The average Bonchev–Trinajstić information content (AvgIpc) is 2.75. The van der Waals surface area contributed by atoms with Crippen molar-refractivity contribution in [2.24, 2.45) is 5.41 Å². The smallest absolute Gasteiger partial charge is 0.409 e. The van der Waals surface area contributed by atoms with Crippen LogP contribution in [0, 0.1) is 31.1 Å². The lowest BCUT2D eigenvalue weighted by Crippen LogP contribution is -2.45. The van der Waals surface area contributed by atoms with Crippen molar-refractivity contribution in [3.8, 4) is 11.8 Å². The van der Waals surface area contributed by atoms with E-state index in [1.54, 1.807) is 12.0 Å². The minimum absolute atomic E-state index is 0.132. The molecule has 172 valence electrons. The van der Waals surface area contributed by atoms with Gasteiger partial charge < -0.3 is 14.4 Å². The van der Waals surface area contributed by atoms with E-state index in [4.69, 9.17) is 9.47 Å². The number of methoxy groups -OCH3 is 1. The molecule has 1 aliphatic carbocycles. The van der Waals surface area contributed by atoms with E-state index in [0.29, 0.717) is 31.7 Å². The number of likely N-dealkylation sites (tertiary alicyclic amines) is 1. The number of benzene rings is 1. The number of aryl methyl sites for hydroxylation is 2. The molecule has 0 bridgehead atoms. The second-order valence-corrected chi connectivity index (χ2v) is 9.09. The van der Waals surface area contributed by atoms with E-state index in [1.165, 1.54) is 0 Å². The molecule has 1 amide bonds. The molecule has 32 heavy (non-hydrogen) atoms. The quantitative estimate of drug-likeness (QED) is 0.456. The molecule has 5 nitrogen and oxygen atoms in total. The number of piperidine rings is 1. The fraction of sp³-hybridized carbons (Fsp3) is 0.556. The molecule has 0 radical (unpaired) electrons. The summed E-state index contributed by atoms with van der Waals surface area (Å²) >= 11 is 0. The molecular formula is C27H35NO4. The van der Waals surface area contributed by atoms with E-state index in [0.717, 1.165) is 60.1 Å². The van der Waals surface area contributed by atoms with Crippen LogP contribution in [0.2, 0.25) is 0 Å². The van der Waals surface area contributed by atoms with Crippen LogP contribution >= 0.6 is 0 Å². The normalized spacial score (nSPS) is 17.8. The Labute approximate surface area is 192 Å². The first-order valence-electron chi connectivity index (χ1n) is 11.6. The molecule has 2 aliphatic rings. The summed E-state index contributed by atoms with van der Waals surface area (Å²) in [7, 11) is 1.66. The summed E-state index contributed by atoms with van der Waals surface area (Å²) < 4.78 is 11.2. The number of rotatable bonds is 5. The van der Waals surface area contributed by atoms with E-state index in [9.17, 15) is 9.59 Å². The number of hydrogen-bond acceptors (Lipinski definition) is 4. The maximum Gasteiger partial charge on any atom is 0.409 e. The average molecular weight is 438 g/mol. The van der Waals surface area contributed by atoms with Crippen LogP contribution in [0.3, 0.4) is 0 Å². The van der Waals surface area contributed by atoms with Gasteiger partial charge in [0.2, 0.25) is 0 Å². The van der Waals surface area contributed by atoms with Gasteiger partial charge in [0.05, 0.1) is 19.3 Å². The van der Waals surface area contributed by atoms with Gasteiger partial charge in [-0.15, -0.1) is 5.92 Å². The zero-order valence-corrected chi connectivity index (χ0v) is 20.1. The summed E-state index contributed by atoms with van der Waals surface area (Å²) in [6.45, 7) is 9.67. The molecule has 1 aromatic carbocycles. The minimum atomic E-state index is -0.236. The Morgan fingerprint density at radius 3 is 2.38 bits per heavy atom. The van der Waals surface area contributed by atoms with Crippen LogP contribution in [0.15, 0.2) is 17.9 Å². The van der Waals surface area contributed by atoms with Crippen molar-refractivity contribution >= 4 is 17.4 Å². The number of unbranched alkanes of at least 4 members (excludes halogenated alkanes) is 1. The van der Waals surface area contributed by atoms with E-state index in [1.807, 2.05) is 32.9 Å². The van der Waals surface area contributed by atoms with Crippen LogP contribution in [-0.2, 0) is 14.3 Å². The molecule has 0 saturated carbocycles. The molecule has 5 heteroatoms. The van der Waals surface area contributed by atoms with Crippen LogP contribution in [0.4, 0.5) is 4.79 Å². The highest BCUT2D eigenvalue weighted by Crippen LogP contribution is 2.48. The first-order chi connectivity index (χ1) is 15.3. The van der Waals surface area contributed by atoms with Crippen LogP contribution in [0.1, 0.15) is 74.6 Å². The molecule has 0 N–H and O–H groups in total. The van der Waals surface area contributed by atoms with Crippen molar-refractivity contribution < 1.29 is 19.1 Å². The number of carbonyl (C=O) groups is 2. The predicted molar refractivity (Wildman–Crippen MR) is 126 cm³/mol. The molecule has 1 fully saturated rings. The largest absolute Gasteiger partial charge is 0.500 e. The molecule has 1 saturated heterocycles. The molecule has 3 rings (SSSR count). The highest BCUT2D eigenvalue weighted by molar-refractivity contribution is 6.23. The third-order valence-electron chi connectivity index (χ3n) is 6.73. The van der Waals surface area contributed by atoms with Gasteiger partial charge in [0.1, 0.15) is 5.76 Å². The number of ketones is 1. The van der Waals surface area contributed by atoms with Gasteiger partial charge in [0, 0.05) is 31.5 Å². The van der Waals surface area contributed by atoms with Gasteiger partial charge in [-0.2, -0.15) is 0 Å². The second kappa shape index (κ2) is 10.3. The minimum Gasteiger partial charge on any atom is -0.500 e. The van der Waals surface area contributed by atoms with E-state index in [2.05, 4.69) is 18.8 Å². The summed E-state index contributed by atoms with van der Waals surface area (Å²) in [6.07, 6.45) is 4.42. The van der Waals surface area contributed by atoms with E-state index in [-0.39, 0.29) is 17.3 Å². The molecule has 1 aromatic rings. The third kappa shape index (κ3) is 5.01. The molecule has 1 aliphatic heterocycles. The van der Waals surface area contributed by atoms with Crippen LogP contribution in [0.25, 0.3) is 5.57 Å². The summed E-state index contributed by atoms with van der Waals surface area (Å²) in [5.41, 5.74) is 4.58. The van der Waals surface area contributed by atoms with E-state index >= 15 is 0 Å². The van der Waals surface area contributed by atoms with Gasteiger partial charge in [-0.25, -0.2) is 4.79 Å². The zero-order valence-electron chi connectivity index (χ0n) is 20.1. The topological polar surface area (TPSA) is 55.8 Å². The Morgan fingerprint density at radius 2 is 1.81 bits per heavy atom. The lowest BCUT2D eigenvalue weighted by atomic mass is 9.66. The van der Waals surface area contributed by atoms with Gasteiger partial charge in [-0.05, 0) is 74.3 Å². The van der Waals surface area contributed by atoms with Gasteiger partial charge >= 0.3 is 6.09 Å². The first kappa shape index (κ1) is 23.9. The Hall–Kier alpha value is -2.74. The molecule has 1 heterocycles. The van der Waals surface area contributed by atoms with E-state index < -0.39 is 0 Å². The molecular weight excluding hydrogens is 402 g/mol. The summed E-state index contributed by atoms with van der Waals surface area (Å²) in [6, 6.07) is 4.08. The third-order valence-corrected chi connectivity index (χ3v) is 6.73. The highest BCUT2D eigenvalue weighted by Gasteiger charge is 2.44. The number of Topliss-reactive ketones (excluding diaryl/α,β-unsaturated/α-hetero) is 1. The zero-order chi connectivity index (χ0) is 23.3. The van der Waals surface area contributed by atoms with Gasteiger partial charge in [-0.3, -0.25) is 4.79 Å². The molecule has 1 spiro atoms. The predicted octanol–water partition coefficient (Wildman–Crippen LogP) is 5.41. The van der Waals surface area contributed by atoms with Gasteiger partial charge in [0.25, 0.3) is 0 Å². The number of amides is 1. The summed E-state index contributed by atoms with van der Waals surface area (Å²) in [5, 5.41) is 0.